The monoisotopic (exact) mass is 295 g/mol. The first kappa shape index (κ1) is 15.6. The van der Waals surface area contributed by atoms with E-state index in [0.29, 0.717) is 17.9 Å². The first-order valence-corrected chi connectivity index (χ1v) is 7.15. The van der Waals surface area contributed by atoms with Crippen LogP contribution in [0.3, 0.4) is 0 Å². The number of carboxylic acids is 1. The molecule has 0 saturated carbocycles. The Labute approximate surface area is 129 Å². The van der Waals surface area contributed by atoms with Crippen LogP contribution in [0.2, 0.25) is 0 Å². The largest absolute Gasteiger partial charge is 0.492 e. The van der Waals surface area contributed by atoms with Crippen LogP contribution in [0.1, 0.15) is 34.3 Å². The minimum atomic E-state index is -1.03. The molecule has 22 heavy (non-hydrogen) atoms. The summed E-state index contributed by atoms with van der Waals surface area (Å²) in [6.45, 7) is 0.463. The predicted molar refractivity (Wildman–Crippen MR) is 83.0 cm³/mol. The average Bonchev–Trinajstić information content (AvgIpc) is 2.55. The molecule has 4 heteroatoms. The van der Waals surface area contributed by atoms with Crippen LogP contribution in [-0.2, 0) is 6.42 Å². The van der Waals surface area contributed by atoms with Crippen LogP contribution in [0, 0.1) is 11.3 Å². The van der Waals surface area contributed by atoms with Crippen molar-refractivity contribution in [2.75, 3.05) is 6.61 Å². The number of rotatable bonds is 7. The molecule has 0 fully saturated rings. The number of nitriles is 1. The Balaban J connectivity index is 1.85. The number of nitrogens with zero attached hydrogens (tertiary/aromatic N) is 1. The summed E-state index contributed by atoms with van der Waals surface area (Å²) in [4.78, 5) is 10.9. The van der Waals surface area contributed by atoms with Crippen molar-refractivity contribution in [1.29, 1.82) is 5.26 Å². The fourth-order valence-electron chi connectivity index (χ4n) is 2.13. The molecule has 2 rings (SSSR count). The van der Waals surface area contributed by atoms with Crippen molar-refractivity contribution in [3.8, 4) is 11.8 Å². The van der Waals surface area contributed by atoms with Gasteiger partial charge in [-0.05, 0) is 43.0 Å². The summed E-state index contributed by atoms with van der Waals surface area (Å²) in [6.07, 6.45) is 2.80. The van der Waals surface area contributed by atoms with E-state index >= 15 is 0 Å². The maximum atomic E-state index is 10.9. The molecule has 0 aliphatic carbocycles. The molecule has 4 nitrogen and oxygen atoms in total. The summed E-state index contributed by atoms with van der Waals surface area (Å²) in [6, 6.07) is 16.5. The maximum Gasteiger partial charge on any atom is 0.335 e. The van der Waals surface area contributed by atoms with Gasteiger partial charge >= 0.3 is 5.97 Å². The second kappa shape index (κ2) is 7.84. The second-order valence-corrected chi connectivity index (χ2v) is 4.92. The molecule has 0 aliphatic heterocycles. The Morgan fingerprint density at radius 1 is 1.14 bits per heavy atom. The van der Waals surface area contributed by atoms with Crippen molar-refractivity contribution < 1.29 is 14.6 Å². The third-order valence-corrected chi connectivity index (χ3v) is 3.31. The van der Waals surface area contributed by atoms with E-state index in [1.165, 1.54) is 23.8 Å². The molecule has 0 bridgehead atoms. The van der Waals surface area contributed by atoms with E-state index in [2.05, 4.69) is 12.1 Å². The Morgan fingerprint density at radius 3 is 2.59 bits per heavy atom. The average molecular weight is 295 g/mol. The van der Waals surface area contributed by atoms with E-state index < -0.39 is 5.97 Å². The van der Waals surface area contributed by atoms with E-state index in [9.17, 15) is 4.79 Å². The molecule has 0 radical (unpaired) electrons. The van der Waals surface area contributed by atoms with Crippen LogP contribution in [-0.4, -0.2) is 17.7 Å². The number of carbonyl (C=O) groups is 1. The van der Waals surface area contributed by atoms with Gasteiger partial charge in [0.1, 0.15) is 11.8 Å². The molecule has 2 aromatic carbocycles. The molecule has 0 aliphatic rings. The van der Waals surface area contributed by atoms with Crippen molar-refractivity contribution in [3.63, 3.8) is 0 Å². The molecule has 0 spiro atoms. The lowest BCUT2D eigenvalue weighted by Crippen LogP contribution is -2.03. The first-order valence-electron chi connectivity index (χ1n) is 7.15. The fraction of sp³-hybridized carbons (Fsp3) is 0.222. The van der Waals surface area contributed by atoms with Crippen molar-refractivity contribution in [2.45, 2.75) is 19.3 Å². The molecule has 2 aromatic rings. The highest BCUT2D eigenvalue weighted by molar-refractivity contribution is 5.88. The number of aryl methyl sites for hydroxylation is 1. The Bertz CT molecular complexity index is 674. The highest BCUT2D eigenvalue weighted by Gasteiger charge is 2.09. The number of hydrogen-bond donors (Lipinski definition) is 1. The van der Waals surface area contributed by atoms with Crippen molar-refractivity contribution in [3.05, 3.63) is 65.2 Å². The van der Waals surface area contributed by atoms with Gasteiger partial charge in [0.25, 0.3) is 0 Å². The number of unbranched alkanes of at least 4 members (excludes halogenated alkanes) is 1. The lowest BCUT2D eigenvalue weighted by atomic mass is 10.1. The molecule has 112 valence electrons. The molecular formula is C18H17NO3. The Kier molecular flexibility index (Phi) is 5.56. The number of ether oxygens (including phenoxy) is 1. The van der Waals surface area contributed by atoms with E-state index in [0.717, 1.165) is 19.3 Å². The van der Waals surface area contributed by atoms with Crippen LogP contribution in [0.4, 0.5) is 0 Å². The van der Waals surface area contributed by atoms with Crippen LogP contribution in [0.15, 0.2) is 48.5 Å². The maximum absolute atomic E-state index is 10.9. The highest BCUT2D eigenvalue weighted by atomic mass is 16.5. The molecule has 0 amide bonds. The molecule has 0 unspecified atom stereocenters. The summed E-state index contributed by atoms with van der Waals surface area (Å²) in [7, 11) is 0. The normalized spacial score (nSPS) is 9.95. The molecule has 1 N–H and O–H groups in total. The van der Waals surface area contributed by atoms with Gasteiger partial charge in [0.15, 0.2) is 0 Å². The van der Waals surface area contributed by atoms with E-state index in [1.807, 2.05) is 24.3 Å². The van der Waals surface area contributed by atoms with Gasteiger partial charge in [-0.15, -0.1) is 0 Å². The standard InChI is InChI=1S/C18H17NO3/c19-13-16-10-9-15(18(20)21)12-17(16)22-11-5-4-8-14-6-2-1-3-7-14/h1-3,6-7,9-10,12H,4-5,8,11H2,(H,20,21). The predicted octanol–water partition coefficient (Wildman–Crippen LogP) is 3.66. The summed E-state index contributed by atoms with van der Waals surface area (Å²) in [5.74, 6) is -0.694. The fourth-order valence-corrected chi connectivity index (χ4v) is 2.13. The zero-order valence-corrected chi connectivity index (χ0v) is 12.2. The number of hydrogen-bond acceptors (Lipinski definition) is 3. The molecule has 0 heterocycles. The van der Waals surface area contributed by atoms with E-state index in [4.69, 9.17) is 15.1 Å². The quantitative estimate of drug-likeness (QED) is 0.791. The van der Waals surface area contributed by atoms with Gasteiger partial charge < -0.3 is 9.84 Å². The minimum absolute atomic E-state index is 0.123. The van der Waals surface area contributed by atoms with Crippen LogP contribution in [0.5, 0.6) is 5.75 Å². The summed E-state index contributed by atoms with van der Waals surface area (Å²) < 4.78 is 5.57. The van der Waals surface area contributed by atoms with Crippen LogP contribution in [0.25, 0.3) is 0 Å². The zero-order valence-electron chi connectivity index (χ0n) is 12.2. The van der Waals surface area contributed by atoms with E-state index in [1.54, 1.807) is 0 Å². The van der Waals surface area contributed by atoms with Crippen LogP contribution >= 0.6 is 0 Å². The van der Waals surface area contributed by atoms with Crippen LogP contribution < -0.4 is 4.74 Å². The third kappa shape index (κ3) is 4.35. The number of aromatic carboxylic acids is 1. The molecule has 0 aromatic heterocycles. The lowest BCUT2D eigenvalue weighted by Gasteiger charge is -2.08. The van der Waals surface area contributed by atoms with Gasteiger partial charge in [-0.2, -0.15) is 5.26 Å². The summed E-state index contributed by atoms with van der Waals surface area (Å²) in [5, 5.41) is 18.0. The number of benzene rings is 2. The minimum Gasteiger partial charge on any atom is -0.492 e. The van der Waals surface area contributed by atoms with Gasteiger partial charge in [0, 0.05) is 0 Å². The van der Waals surface area contributed by atoms with Gasteiger partial charge in [-0.1, -0.05) is 30.3 Å². The van der Waals surface area contributed by atoms with Crippen molar-refractivity contribution in [2.24, 2.45) is 0 Å². The zero-order chi connectivity index (χ0) is 15.8. The first-order chi connectivity index (χ1) is 10.7. The molecular weight excluding hydrogens is 278 g/mol. The molecule has 0 atom stereocenters. The SMILES string of the molecule is N#Cc1ccc(C(=O)O)cc1OCCCCc1ccccc1. The van der Waals surface area contributed by atoms with Gasteiger partial charge in [-0.25, -0.2) is 4.79 Å². The van der Waals surface area contributed by atoms with Gasteiger partial charge in [0.2, 0.25) is 0 Å². The topological polar surface area (TPSA) is 70.3 Å². The Morgan fingerprint density at radius 2 is 1.91 bits per heavy atom. The highest BCUT2D eigenvalue weighted by Crippen LogP contribution is 2.20. The smallest absolute Gasteiger partial charge is 0.335 e. The number of carboxylic acid groups (broad SMARTS) is 1. The van der Waals surface area contributed by atoms with Gasteiger partial charge in [0.05, 0.1) is 17.7 Å². The summed E-state index contributed by atoms with van der Waals surface area (Å²) in [5.41, 5.74) is 1.76. The third-order valence-electron chi connectivity index (χ3n) is 3.31. The molecule has 0 saturated heterocycles. The van der Waals surface area contributed by atoms with Gasteiger partial charge in [-0.3, -0.25) is 0 Å². The second-order valence-electron chi connectivity index (χ2n) is 4.92. The Hall–Kier alpha value is -2.80. The van der Waals surface area contributed by atoms with Crippen molar-refractivity contribution >= 4 is 5.97 Å². The lowest BCUT2D eigenvalue weighted by molar-refractivity contribution is 0.0696. The van der Waals surface area contributed by atoms with Crippen molar-refractivity contribution in [1.82, 2.24) is 0 Å². The summed E-state index contributed by atoms with van der Waals surface area (Å²) >= 11 is 0. The van der Waals surface area contributed by atoms with E-state index in [-0.39, 0.29) is 5.56 Å².